The van der Waals surface area contributed by atoms with E-state index < -0.39 is 5.97 Å². The molecule has 0 amide bonds. The second-order valence-corrected chi connectivity index (χ2v) is 8.33. The summed E-state index contributed by atoms with van der Waals surface area (Å²) in [6.45, 7) is 5.57. The molecule has 0 fully saturated rings. The highest BCUT2D eigenvalue weighted by atomic mass is 32.1. The molecule has 3 heterocycles. The van der Waals surface area contributed by atoms with E-state index in [4.69, 9.17) is 9.15 Å². The van der Waals surface area contributed by atoms with Crippen LogP contribution in [0.5, 0.6) is 0 Å². The van der Waals surface area contributed by atoms with Gasteiger partial charge in [-0.05, 0) is 50.4 Å². The number of carbonyl (C=O) groups excluding carboxylic acids is 2. The molecular formula is C24H23N3O4S. The van der Waals surface area contributed by atoms with E-state index in [9.17, 15) is 9.59 Å². The van der Waals surface area contributed by atoms with Crippen LogP contribution >= 0.6 is 11.3 Å². The summed E-state index contributed by atoms with van der Waals surface area (Å²) < 4.78 is 12.8. The van der Waals surface area contributed by atoms with E-state index >= 15 is 0 Å². The number of hydrogen-bond donors (Lipinski definition) is 0. The van der Waals surface area contributed by atoms with Gasteiger partial charge in [-0.2, -0.15) is 11.3 Å². The topological polar surface area (TPSA) is 87.2 Å². The van der Waals surface area contributed by atoms with E-state index in [-0.39, 0.29) is 25.2 Å². The van der Waals surface area contributed by atoms with E-state index in [2.05, 4.69) is 10.2 Å². The Morgan fingerprint density at radius 1 is 1.09 bits per heavy atom. The molecule has 0 spiro atoms. The van der Waals surface area contributed by atoms with Crippen molar-refractivity contribution in [1.29, 1.82) is 0 Å². The number of rotatable bonds is 8. The minimum Gasteiger partial charge on any atom is -0.457 e. The molecule has 0 aliphatic heterocycles. The highest BCUT2D eigenvalue weighted by molar-refractivity contribution is 7.08. The average Bonchev–Trinajstić information content (AvgIpc) is 3.52. The van der Waals surface area contributed by atoms with Crippen LogP contribution < -0.4 is 0 Å². The summed E-state index contributed by atoms with van der Waals surface area (Å²) in [5.74, 6) is 0.0631. The van der Waals surface area contributed by atoms with Crippen molar-refractivity contribution in [2.45, 2.75) is 33.6 Å². The van der Waals surface area contributed by atoms with Crippen molar-refractivity contribution >= 4 is 23.1 Å². The van der Waals surface area contributed by atoms with E-state index in [0.717, 1.165) is 22.6 Å². The molecule has 32 heavy (non-hydrogen) atoms. The lowest BCUT2D eigenvalue weighted by molar-refractivity contribution is -0.142. The minimum atomic E-state index is -0.485. The number of aromatic nitrogens is 3. The lowest BCUT2D eigenvalue weighted by atomic mass is 10.1. The largest absolute Gasteiger partial charge is 0.457 e. The fraction of sp³-hybridized carbons (Fsp3) is 0.250. The van der Waals surface area contributed by atoms with Crippen molar-refractivity contribution in [3.63, 3.8) is 0 Å². The Kier molecular flexibility index (Phi) is 6.32. The molecule has 164 valence electrons. The predicted molar refractivity (Wildman–Crippen MR) is 121 cm³/mol. The van der Waals surface area contributed by atoms with Gasteiger partial charge < -0.3 is 13.7 Å². The van der Waals surface area contributed by atoms with Gasteiger partial charge in [-0.25, -0.2) is 0 Å². The number of benzene rings is 1. The number of thiophene rings is 1. The summed E-state index contributed by atoms with van der Waals surface area (Å²) >= 11 is 1.54. The van der Waals surface area contributed by atoms with Gasteiger partial charge in [0.2, 0.25) is 17.6 Å². The fourth-order valence-corrected chi connectivity index (χ4v) is 4.13. The summed E-state index contributed by atoms with van der Waals surface area (Å²) in [6, 6.07) is 11.8. The van der Waals surface area contributed by atoms with E-state index in [1.807, 2.05) is 72.5 Å². The van der Waals surface area contributed by atoms with Crippen molar-refractivity contribution < 1.29 is 18.7 Å². The molecule has 0 aliphatic rings. The van der Waals surface area contributed by atoms with Crippen molar-refractivity contribution in [2.24, 2.45) is 0 Å². The highest BCUT2D eigenvalue weighted by Gasteiger charge is 2.19. The molecule has 0 saturated carbocycles. The molecule has 0 bridgehead atoms. The molecule has 7 nitrogen and oxygen atoms in total. The van der Waals surface area contributed by atoms with Gasteiger partial charge in [0.25, 0.3) is 0 Å². The molecule has 0 atom stereocenters. The molecule has 1 aromatic carbocycles. The number of nitrogens with zero attached hydrogens (tertiary/aromatic N) is 3. The van der Waals surface area contributed by atoms with Gasteiger partial charge in [-0.3, -0.25) is 9.59 Å². The Hall–Kier alpha value is -3.52. The van der Waals surface area contributed by atoms with Gasteiger partial charge in [0.15, 0.2) is 6.61 Å². The number of ether oxygens (including phenoxy) is 1. The Balaban J connectivity index is 1.33. The van der Waals surface area contributed by atoms with Crippen molar-refractivity contribution in [1.82, 2.24) is 14.8 Å². The Morgan fingerprint density at radius 2 is 1.88 bits per heavy atom. The molecule has 0 saturated heterocycles. The maximum atomic E-state index is 12.7. The zero-order chi connectivity index (χ0) is 22.7. The van der Waals surface area contributed by atoms with Crippen LogP contribution in [0.4, 0.5) is 0 Å². The van der Waals surface area contributed by atoms with Gasteiger partial charge in [0.05, 0.1) is 6.42 Å². The zero-order valence-electron chi connectivity index (χ0n) is 18.1. The first kappa shape index (κ1) is 21.7. The molecule has 4 rings (SSSR count). The zero-order valence-corrected chi connectivity index (χ0v) is 18.9. The highest BCUT2D eigenvalue weighted by Crippen LogP contribution is 2.22. The van der Waals surface area contributed by atoms with E-state index in [1.54, 1.807) is 0 Å². The standard InChI is InChI=1S/C24H23N3O4S/c1-15-4-6-19(7-5-15)27-16(2)12-20(17(27)3)21(28)13-30-23(29)9-8-22-25-26-24(31-22)18-10-11-32-14-18/h4-7,10-12,14H,8-9,13H2,1-3H3. The predicted octanol–water partition coefficient (Wildman–Crippen LogP) is 4.87. The second-order valence-electron chi connectivity index (χ2n) is 7.55. The lowest BCUT2D eigenvalue weighted by Gasteiger charge is -2.10. The monoisotopic (exact) mass is 449 g/mol. The maximum absolute atomic E-state index is 12.7. The van der Waals surface area contributed by atoms with Gasteiger partial charge in [-0.1, -0.05) is 17.7 Å². The molecule has 0 aliphatic carbocycles. The molecule has 8 heteroatoms. The third-order valence-corrected chi connectivity index (χ3v) is 5.85. The third kappa shape index (κ3) is 4.70. The summed E-state index contributed by atoms with van der Waals surface area (Å²) in [7, 11) is 0. The first-order valence-electron chi connectivity index (χ1n) is 10.2. The van der Waals surface area contributed by atoms with Crippen LogP contribution in [0.25, 0.3) is 17.1 Å². The molecule has 0 N–H and O–H groups in total. The van der Waals surface area contributed by atoms with Crippen LogP contribution in [0.15, 0.2) is 51.6 Å². The lowest BCUT2D eigenvalue weighted by Crippen LogP contribution is -2.15. The maximum Gasteiger partial charge on any atom is 0.306 e. The van der Waals surface area contributed by atoms with Crippen LogP contribution in [0.3, 0.4) is 0 Å². The molecule has 3 aromatic heterocycles. The van der Waals surface area contributed by atoms with Crippen LogP contribution in [-0.2, 0) is 16.0 Å². The van der Waals surface area contributed by atoms with Crippen LogP contribution in [0, 0.1) is 20.8 Å². The number of carbonyl (C=O) groups is 2. The number of ketones is 1. The third-order valence-electron chi connectivity index (χ3n) is 5.17. The number of aryl methyl sites for hydroxylation is 3. The van der Waals surface area contributed by atoms with Gasteiger partial charge in [0.1, 0.15) is 0 Å². The van der Waals surface area contributed by atoms with E-state index in [0.29, 0.717) is 17.3 Å². The Bertz CT molecular complexity index is 1240. The number of hydrogen-bond acceptors (Lipinski definition) is 7. The Labute approximate surface area is 189 Å². The van der Waals surface area contributed by atoms with E-state index in [1.165, 1.54) is 16.9 Å². The van der Waals surface area contributed by atoms with Crippen LogP contribution in [-0.4, -0.2) is 33.1 Å². The summed E-state index contributed by atoms with van der Waals surface area (Å²) in [5, 5.41) is 11.8. The minimum absolute atomic E-state index is 0.0565. The van der Waals surface area contributed by atoms with Crippen molar-refractivity contribution in [2.75, 3.05) is 6.61 Å². The SMILES string of the molecule is Cc1ccc(-n2c(C)cc(C(=O)COC(=O)CCc3nnc(-c4ccsc4)o3)c2C)cc1. The quantitative estimate of drug-likeness (QED) is 0.282. The molecule has 4 aromatic rings. The van der Waals surface area contributed by atoms with Crippen LogP contribution in [0.1, 0.15) is 39.6 Å². The van der Waals surface area contributed by atoms with Gasteiger partial charge >= 0.3 is 5.97 Å². The first-order chi connectivity index (χ1) is 15.4. The van der Waals surface area contributed by atoms with Gasteiger partial charge in [-0.15, -0.1) is 10.2 Å². The second kappa shape index (κ2) is 9.32. The average molecular weight is 450 g/mol. The normalized spacial score (nSPS) is 11.0. The summed E-state index contributed by atoms with van der Waals surface area (Å²) in [6.07, 6.45) is 0.313. The van der Waals surface area contributed by atoms with Crippen molar-refractivity contribution in [3.05, 3.63) is 75.6 Å². The van der Waals surface area contributed by atoms with Crippen LogP contribution in [0.2, 0.25) is 0 Å². The smallest absolute Gasteiger partial charge is 0.306 e. The summed E-state index contributed by atoms with van der Waals surface area (Å²) in [4.78, 5) is 24.8. The first-order valence-corrected chi connectivity index (χ1v) is 11.2. The molecule has 0 radical (unpaired) electrons. The van der Waals surface area contributed by atoms with Gasteiger partial charge in [0, 0.05) is 40.0 Å². The van der Waals surface area contributed by atoms with Crippen molar-refractivity contribution in [3.8, 4) is 17.1 Å². The fourth-order valence-electron chi connectivity index (χ4n) is 3.50. The summed E-state index contributed by atoms with van der Waals surface area (Å²) in [5.41, 5.74) is 5.32. The molecular weight excluding hydrogens is 426 g/mol. The number of Topliss-reactive ketones (excluding diaryl/α,β-unsaturated/α-hetero) is 1. The number of esters is 1. The Morgan fingerprint density at radius 3 is 2.59 bits per heavy atom. The molecule has 0 unspecified atom stereocenters.